The SMILES string of the molecule is CC(C)(C)Nc1nc(NC(C)(C)C)nc(NC(CO)(CO)CO)n1. The van der Waals surface area contributed by atoms with Gasteiger partial charge in [-0.25, -0.2) is 0 Å². The van der Waals surface area contributed by atoms with Crippen LogP contribution in [0.25, 0.3) is 0 Å². The summed E-state index contributed by atoms with van der Waals surface area (Å²) in [5, 5.41) is 37.5. The number of hydrogen-bond donors (Lipinski definition) is 6. The van der Waals surface area contributed by atoms with Crippen molar-refractivity contribution in [3.63, 3.8) is 0 Å². The van der Waals surface area contributed by atoms with E-state index in [4.69, 9.17) is 0 Å². The van der Waals surface area contributed by atoms with Gasteiger partial charge in [0.1, 0.15) is 5.54 Å². The molecule has 0 aliphatic rings. The van der Waals surface area contributed by atoms with Crippen LogP contribution in [0, 0.1) is 0 Å². The fourth-order valence-corrected chi connectivity index (χ4v) is 1.72. The lowest BCUT2D eigenvalue weighted by Crippen LogP contribution is -2.49. The zero-order valence-electron chi connectivity index (χ0n) is 15.3. The van der Waals surface area contributed by atoms with Gasteiger partial charge in [0.15, 0.2) is 0 Å². The van der Waals surface area contributed by atoms with Crippen molar-refractivity contribution in [3.8, 4) is 0 Å². The molecule has 24 heavy (non-hydrogen) atoms. The quantitative estimate of drug-likeness (QED) is 0.416. The number of aliphatic hydroxyl groups is 3. The number of aliphatic hydroxyl groups excluding tert-OH is 3. The lowest BCUT2D eigenvalue weighted by molar-refractivity contribution is 0.0828. The molecule has 138 valence electrons. The number of hydrogen-bond acceptors (Lipinski definition) is 9. The van der Waals surface area contributed by atoms with Crippen LogP contribution in [-0.2, 0) is 0 Å². The molecule has 0 bridgehead atoms. The third-order valence-corrected chi connectivity index (χ3v) is 2.89. The van der Waals surface area contributed by atoms with Crippen LogP contribution in [0.2, 0.25) is 0 Å². The van der Waals surface area contributed by atoms with Gasteiger partial charge in [-0.05, 0) is 41.5 Å². The van der Waals surface area contributed by atoms with E-state index in [1.807, 2.05) is 41.5 Å². The Hall–Kier alpha value is -1.71. The van der Waals surface area contributed by atoms with Gasteiger partial charge in [-0.15, -0.1) is 0 Å². The summed E-state index contributed by atoms with van der Waals surface area (Å²) in [5.74, 6) is 0.824. The van der Waals surface area contributed by atoms with Crippen molar-refractivity contribution in [2.45, 2.75) is 58.2 Å². The van der Waals surface area contributed by atoms with Crippen molar-refractivity contribution in [2.75, 3.05) is 35.8 Å². The lowest BCUT2D eigenvalue weighted by Gasteiger charge is -2.29. The number of nitrogens with zero attached hydrogens (tertiary/aromatic N) is 3. The molecule has 0 aliphatic carbocycles. The Bertz CT molecular complexity index is 492. The highest BCUT2D eigenvalue weighted by Gasteiger charge is 2.29. The second kappa shape index (κ2) is 7.45. The van der Waals surface area contributed by atoms with Gasteiger partial charge in [0.25, 0.3) is 0 Å². The van der Waals surface area contributed by atoms with Gasteiger partial charge in [0, 0.05) is 11.1 Å². The van der Waals surface area contributed by atoms with E-state index in [0.717, 1.165) is 0 Å². The highest BCUT2D eigenvalue weighted by Crippen LogP contribution is 2.19. The predicted octanol–water partition coefficient (Wildman–Crippen LogP) is 0.420. The number of nitrogens with one attached hydrogen (secondary N) is 3. The second-order valence-corrected chi connectivity index (χ2v) is 7.94. The average molecular weight is 342 g/mol. The molecule has 0 aliphatic heterocycles. The Labute approximate surface area is 143 Å². The largest absolute Gasteiger partial charge is 0.394 e. The number of rotatable bonds is 7. The Morgan fingerprint density at radius 1 is 0.625 bits per heavy atom. The molecule has 0 saturated carbocycles. The summed E-state index contributed by atoms with van der Waals surface area (Å²) in [7, 11) is 0. The highest BCUT2D eigenvalue weighted by molar-refractivity contribution is 5.45. The van der Waals surface area contributed by atoms with E-state index >= 15 is 0 Å². The van der Waals surface area contributed by atoms with Gasteiger partial charge in [0.2, 0.25) is 17.8 Å². The first-order valence-electron chi connectivity index (χ1n) is 7.85. The molecule has 0 fully saturated rings. The van der Waals surface area contributed by atoms with Crippen LogP contribution in [0.4, 0.5) is 17.8 Å². The van der Waals surface area contributed by atoms with Crippen molar-refractivity contribution in [2.24, 2.45) is 0 Å². The molecule has 1 heterocycles. The summed E-state index contributed by atoms with van der Waals surface area (Å²) in [4.78, 5) is 12.9. The Morgan fingerprint density at radius 2 is 0.917 bits per heavy atom. The van der Waals surface area contributed by atoms with Crippen LogP contribution in [0.15, 0.2) is 0 Å². The van der Waals surface area contributed by atoms with E-state index in [0.29, 0.717) is 11.9 Å². The second-order valence-electron chi connectivity index (χ2n) is 7.94. The predicted molar refractivity (Wildman–Crippen MR) is 94.2 cm³/mol. The zero-order chi connectivity index (χ0) is 18.6. The molecule has 0 spiro atoms. The fraction of sp³-hybridized carbons (Fsp3) is 0.800. The number of anilines is 3. The first kappa shape index (κ1) is 20.3. The molecule has 0 unspecified atom stereocenters. The van der Waals surface area contributed by atoms with Crippen LogP contribution in [0.5, 0.6) is 0 Å². The zero-order valence-corrected chi connectivity index (χ0v) is 15.3. The van der Waals surface area contributed by atoms with Crippen LogP contribution >= 0.6 is 0 Å². The minimum Gasteiger partial charge on any atom is -0.394 e. The molecule has 0 aromatic carbocycles. The molecule has 1 aromatic rings. The molecule has 1 rings (SSSR count). The monoisotopic (exact) mass is 342 g/mol. The number of aromatic nitrogens is 3. The van der Waals surface area contributed by atoms with Crippen LogP contribution in [0.1, 0.15) is 41.5 Å². The standard InChI is InChI=1S/C15H30N6O3/c1-13(2,3)19-10-16-11(20-14(4,5)6)18-12(17-10)21-15(7-22,8-23)9-24/h22-24H,7-9H2,1-6H3,(H3,16,17,18,19,20,21). The molecule has 0 amide bonds. The van der Waals surface area contributed by atoms with Gasteiger partial charge in [-0.2, -0.15) is 15.0 Å². The molecule has 0 saturated heterocycles. The first-order chi connectivity index (χ1) is 10.9. The van der Waals surface area contributed by atoms with Gasteiger partial charge < -0.3 is 31.3 Å². The van der Waals surface area contributed by atoms with Crippen molar-refractivity contribution < 1.29 is 15.3 Å². The van der Waals surface area contributed by atoms with E-state index in [9.17, 15) is 15.3 Å². The van der Waals surface area contributed by atoms with Gasteiger partial charge in [-0.1, -0.05) is 0 Å². The van der Waals surface area contributed by atoms with Gasteiger partial charge in [0.05, 0.1) is 19.8 Å². The third-order valence-electron chi connectivity index (χ3n) is 2.89. The average Bonchev–Trinajstić information content (AvgIpc) is 2.41. The smallest absolute Gasteiger partial charge is 0.229 e. The molecule has 0 radical (unpaired) electrons. The summed E-state index contributed by atoms with van der Waals surface area (Å²) in [6.45, 7) is 10.4. The van der Waals surface area contributed by atoms with E-state index in [2.05, 4.69) is 30.9 Å². The van der Waals surface area contributed by atoms with Gasteiger partial charge >= 0.3 is 0 Å². The van der Waals surface area contributed by atoms with E-state index in [1.165, 1.54) is 0 Å². The van der Waals surface area contributed by atoms with E-state index in [1.54, 1.807) is 0 Å². The first-order valence-corrected chi connectivity index (χ1v) is 7.85. The lowest BCUT2D eigenvalue weighted by atomic mass is 10.0. The van der Waals surface area contributed by atoms with Crippen LogP contribution in [-0.4, -0.2) is 66.7 Å². The molecular formula is C15H30N6O3. The van der Waals surface area contributed by atoms with Crippen LogP contribution in [0.3, 0.4) is 0 Å². The maximum atomic E-state index is 9.46. The van der Waals surface area contributed by atoms with Crippen molar-refractivity contribution >= 4 is 17.8 Å². The molecule has 9 nitrogen and oxygen atoms in total. The normalized spacial score (nSPS) is 12.9. The van der Waals surface area contributed by atoms with Crippen molar-refractivity contribution in [1.82, 2.24) is 15.0 Å². The summed E-state index contributed by atoms with van der Waals surface area (Å²) in [6.07, 6.45) is 0. The molecule has 6 N–H and O–H groups in total. The van der Waals surface area contributed by atoms with Crippen molar-refractivity contribution in [3.05, 3.63) is 0 Å². The summed E-state index contributed by atoms with van der Waals surface area (Å²) in [5.41, 5.74) is -1.85. The topological polar surface area (TPSA) is 135 Å². The Kier molecular flexibility index (Phi) is 6.32. The molecule has 9 heteroatoms. The van der Waals surface area contributed by atoms with E-state index < -0.39 is 25.4 Å². The van der Waals surface area contributed by atoms with Crippen molar-refractivity contribution in [1.29, 1.82) is 0 Å². The molecule has 1 aromatic heterocycles. The molecule has 0 atom stereocenters. The van der Waals surface area contributed by atoms with Gasteiger partial charge in [-0.3, -0.25) is 0 Å². The maximum absolute atomic E-state index is 9.46. The maximum Gasteiger partial charge on any atom is 0.229 e. The Balaban J connectivity index is 3.22. The van der Waals surface area contributed by atoms with Crippen LogP contribution < -0.4 is 16.0 Å². The minimum atomic E-state index is -1.32. The summed E-state index contributed by atoms with van der Waals surface area (Å²) < 4.78 is 0. The minimum absolute atomic E-state index is 0.139. The summed E-state index contributed by atoms with van der Waals surface area (Å²) >= 11 is 0. The third kappa shape index (κ3) is 6.42. The Morgan fingerprint density at radius 3 is 1.17 bits per heavy atom. The molecular weight excluding hydrogens is 312 g/mol. The fourth-order valence-electron chi connectivity index (χ4n) is 1.72. The van der Waals surface area contributed by atoms with E-state index in [-0.39, 0.29) is 17.0 Å². The summed E-state index contributed by atoms with van der Waals surface area (Å²) in [6, 6.07) is 0. The highest BCUT2D eigenvalue weighted by atomic mass is 16.3.